The molecule has 1 heterocycles. The largest absolute Gasteiger partial charge is 0.452 e. The zero-order valence-corrected chi connectivity index (χ0v) is 16.5. The smallest absolute Gasteiger partial charge is 0.344 e. The Balaban J connectivity index is 1.54. The Labute approximate surface area is 168 Å². The highest BCUT2D eigenvalue weighted by Gasteiger charge is 2.52. The minimum atomic E-state index is -0.949. The highest BCUT2D eigenvalue weighted by molar-refractivity contribution is 6.08. The van der Waals surface area contributed by atoms with Crippen LogP contribution in [-0.4, -0.2) is 48.1 Å². The van der Waals surface area contributed by atoms with Crippen LogP contribution in [0.2, 0.25) is 0 Å². The Kier molecular flexibility index (Phi) is 6.17. The zero-order chi connectivity index (χ0) is 21.0. The maximum absolute atomic E-state index is 12.7. The number of methoxy groups -OCH3 is 1. The molecular weight excluding hydrogens is 378 g/mol. The molecular formula is C20H25N3O6. The number of carbonyl (C=O) groups is 4. The molecule has 1 aromatic carbocycles. The normalized spacial score (nSPS) is 23.8. The molecule has 1 aliphatic heterocycles. The molecule has 2 fully saturated rings. The van der Waals surface area contributed by atoms with E-state index in [1.54, 1.807) is 31.4 Å². The second-order valence-electron chi connectivity index (χ2n) is 7.58. The van der Waals surface area contributed by atoms with Crippen molar-refractivity contribution in [2.75, 3.05) is 13.7 Å². The summed E-state index contributed by atoms with van der Waals surface area (Å²) in [6, 6.07) is 5.98. The van der Waals surface area contributed by atoms with Crippen LogP contribution in [0.5, 0.6) is 0 Å². The van der Waals surface area contributed by atoms with Crippen LogP contribution in [0.1, 0.15) is 48.5 Å². The predicted molar refractivity (Wildman–Crippen MR) is 101 cm³/mol. The molecule has 1 spiro atoms. The van der Waals surface area contributed by atoms with Gasteiger partial charge in [-0.05, 0) is 49.3 Å². The van der Waals surface area contributed by atoms with Crippen molar-refractivity contribution < 1.29 is 28.7 Å². The number of hydrazine groups is 1. The molecule has 1 saturated heterocycles. The third kappa shape index (κ3) is 4.56. The topological polar surface area (TPSA) is 114 Å². The van der Waals surface area contributed by atoms with E-state index in [1.165, 1.54) is 0 Å². The Morgan fingerprint density at radius 3 is 2.69 bits per heavy atom. The second kappa shape index (κ2) is 8.60. The monoisotopic (exact) mass is 403 g/mol. The van der Waals surface area contributed by atoms with E-state index in [1.807, 2.05) is 0 Å². The van der Waals surface area contributed by atoms with Crippen molar-refractivity contribution >= 4 is 23.8 Å². The van der Waals surface area contributed by atoms with Crippen LogP contribution >= 0.6 is 0 Å². The van der Waals surface area contributed by atoms with Gasteiger partial charge in [-0.25, -0.2) is 9.59 Å². The molecule has 1 aromatic rings. The fourth-order valence-corrected chi connectivity index (χ4v) is 3.64. The number of benzene rings is 1. The lowest BCUT2D eigenvalue weighted by Gasteiger charge is -2.33. The second-order valence-corrected chi connectivity index (χ2v) is 7.58. The van der Waals surface area contributed by atoms with E-state index < -0.39 is 36.0 Å². The highest BCUT2D eigenvalue weighted by Crippen LogP contribution is 2.35. The van der Waals surface area contributed by atoms with Crippen molar-refractivity contribution in [3.8, 4) is 0 Å². The van der Waals surface area contributed by atoms with Gasteiger partial charge in [0.1, 0.15) is 5.54 Å². The summed E-state index contributed by atoms with van der Waals surface area (Å²) in [6.45, 7) is 1.83. The molecule has 1 saturated carbocycles. The van der Waals surface area contributed by atoms with Gasteiger partial charge in [-0.1, -0.05) is 19.1 Å². The predicted octanol–water partition coefficient (Wildman–Crippen LogP) is 1.52. The van der Waals surface area contributed by atoms with Crippen LogP contribution in [-0.2, 0) is 25.7 Å². The van der Waals surface area contributed by atoms with E-state index in [9.17, 15) is 19.2 Å². The van der Waals surface area contributed by atoms with E-state index in [2.05, 4.69) is 17.7 Å². The third-order valence-electron chi connectivity index (χ3n) is 5.33. The Bertz CT molecular complexity index is 816. The molecule has 0 bridgehead atoms. The van der Waals surface area contributed by atoms with Crippen LogP contribution < -0.4 is 10.7 Å². The summed E-state index contributed by atoms with van der Waals surface area (Å²) < 4.78 is 10.0. The number of hydrogen-bond acceptors (Lipinski definition) is 6. The van der Waals surface area contributed by atoms with Crippen LogP contribution in [0.25, 0.3) is 0 Å². The van der Waals surface area contributed by atoms with Gasteiger partial charge in [0, 0.05) is 7.11 Å². The Morgan fingerprint density at radius 2 is 2.00 bits per heavy atom. The van der Waals surface area contributed by atoms with Gasteiger partial charge in [0.25, 0.3) is 11.8 Å². The average Bonchev–Trinajstić information content (AvgIpc) is 2.93. The first-order chi connectivity index (χ1) is 13.8. The van der Waals surface area contributed by atoms with E-state index >= 15 is 0 Å². The van der Waals surface area contributed by atoms with Crippen LogP contribution in [0, 0.1) is 5.92 Å². The molecule has 0 radical (unpaired) electrons. The first-order valence-electron chi connectivity index (χ1n) is 9.56. The van der Waals surface area contributed by atoms with Gasteiger partial charge >= 0.3 is 12.0 Å². The van der Waals surface area contributed by atoms with Crippen molar-refractivity contribution in [2.45, 2.75) is 44.8 Å². The summed E-state index contributed by atoms with van der Waals surface area (Å²) in [4.78, 5) is 49.2. The Hall–Kier alpha value is -2.94. The average molecular weight is 403 g/mol. The van der Waals surface area contributed by atoms with Crippen LogP contribution in [0.15, 0.2) is 24.3 Å². The standard InChI is InChI=1S/C20H25N3O6/c1-13-6-8-20(9-7-13)18(26)23(19(27)21-20)22-16(24)12-29-17(25)15-5-3-4-14(10-15)11-28-2/h3-5,10,13H,6-9,11-12H2,1-2H3,(H,21,27)(H,22,24). The minimum absolute atomic E-state index is 0.276. The maximum Gasteiger partial charge on any atom is 0.344 e. The molecule has 1 aliphatic carbocycles. The summed E-state index contributed by atoms with van der Waals surface area (Å²) in [5.41, 5.74) is 2.35. The number of nitrogens with one attached hydrogen (secondary N) is 2. The summed E-state index contributed by atoms with van der Waals surface area (Å²) in [5, 5.41) is 3.39. The number of carbonyl (C=O) groups excluding carboxylic acids is 4. The quantitative estimate of drug-likeness (QED) is 0.550. The lowest BCUT2D eigenvalue weighted by molar-refractivity contribution is -0.141. The van der Waals surface area contributed by atoms with Crippen LogP contribution in [0.4, 0.5) is 4.79 Å². The molecule has 3 rings (SSSR count). The first-order valence-corrected chi connectivity index (χ1v) is 9.56. The fraction of sp³-hybridized carbons (Fsp3) is 0.500. The zero-order valence-electron chi connectivity index (χ0n) is 16.5. The molecule has 9 nitrogen and oxygen atoms in total. The van der Waals surface area contributed by atoms with Gasteiger partial charge < -0.3 is 14.8 Å². The summed E-state index contributed by atoms with van der Waals surface area (Å²) in [5.74, 6) is -1.43. The van der Waals surface area contributed by atoms with Gasteiger partial charge in [-0.3, -0.25) is 15.0 Å². The van der Waals surface area contributed by atoms with Crippen molar-refractivity contribution in [2.24, 2.45) is 5.92 Å². The molecule has 0 atom stereocenters. The van der Waals surface area contributed by atoms with Gasteiger partial charge in [-0.15, -0.1) is 0 Å². The van der Waals surface area contributed by atoms with E-state index in [-0.39, 0.29) is 5.56 Å². The molecule has 0 aromatic heterocycles. The third-order valence-corrected chi connectivity index (χ3v) is 5.33. The minimum Gasteiger partial charge on any atom is -0.452 e. The summed E-state index contributed by atoms with van der Waals surface area (Å²) >= 11 is 0. The lowest BCUT2D eigenvalue weighted by Crippen LogP contribution is -2.52. The van der Waals surface area contributed by atoms with Crippen molar-refractivity contribution in [3.63, 3.8) is 0 Å². The number of amides is 4. The molecule has 4 amide bonds. The molecule has 9 heteroatoms. The molecule has 29 heavy (non-hydrogen) atoms. The fourth-order valence-electron chi connectivity index (χ4n) is 3.64. The molecule has 2 aliphatic rings. The molecule has 2 N–H and O–H groups in total. The number of ether oxygens (including phenoxy) is 2. The van der Waals surface area contributed by atoms with Gasteiger partial charge in [-0.2, -0.15) is 5.01 Å². The number of nitrogens with zero attached hydrogens (tertiary/aromatic N) is 1. The lowest BCUT2D eigenvalue weighted by atomic mass is 9.77. The highest BCUT2D eigenvalue weighted by atomic mass is 16.5. The number of esters is 1. The molecule has 0 unspecified atom stereocenters. The van der Waals surface area contributed by atoms with E-state index in [0.29, 0.717) is 30.4 Å². The van der Waals surface area contributed by atoms with Crippen molar-refractivity contribution in [1.82, 2.24) is 15.8 Å². The van der Waals surface area contributed by atoms with E-state index in [4.69, 9.17) is 9.47 Å². The SMILES string of the molecule is COCc1cccc(C(=O)OCC(=O)NN2C(=O)NC3(CCC(C)CC3)C2=O)c1. The Morgan fingerprint density at radius 1 is 1.28 bits per heavy atom. The van der Waals surface area contributed by atoms with Gasteiger partial charge in [0.05, 0.1) is 12.2 Å². The first kappa shape index (κ1) is 20.8. The number of rotatable bonds is 6. The summed E-state index contributed by atoms with van der Waals surface area (Å²) in [7, 11) is 1.54. The van der Waals surface area contributed by atoms with E-state index in [0.717, 1.165) is 18.4 Å². The number of urea groups is 1. The van der Waals surface area contributed by atoms with Gasteiger partial charge in [0.15, 0.2) is 6.61 Å². The van der Waals surface area contributed by atoms with Crippen LogP contribution in [0.3, 0.4) is 0 Å². The number of imide groups is 1. The van der Waals surface area contributed by atoms with Crippen molar-refractivity contribution in [1.29, 1.82) is 0 Å². The number of hydrogen-bond donors (Lipinski definition) is 2. The molecule has 156 valence electrons. The maximum atomic E-state index is 12.7. The van der Waals surface area contributed by atoms with Crippen molar-refractivity contribution in [3.05, 3.63) is 35.4 Å². The summed E-state index contributed by atoms with van der Waals surface area (Å²) in [6.07, 6.45) is 2.73. The van der Waals surface area contributed by atoms with Gasteiger partial charge in [0.2, 0.25) is 0 Å².